The van der Waals surface area contributed by atoms with Crippen LogP contribution in [0, 0.1) is 18.8 Å². The molecule has 0 saturated carbocycles. The molecule has 5 heteroatoms. The monoisotopic (exact) mass is 366 g/mol. The Bertz CT molecular complexity index is 541. The quantitative estimate of drug-likeness (QED) is 0.888. The number of ether oxygens (including phenoxy) is 1. The van der Waals surface area contributed by atoms with Gasteiger partial charge in [0.1, 0.15) is 0 Å². The summed E-state index contributed by atoms with van der Waals surface area (Å²) in [6, 6.07) is 8.45. The molecule has 3 rings (SSSR count). The predicted octanol–water partition coefficient (Wildman–Crippen LogP) is 3.34. The molecule has 0 bridgehead atoms. The highest BCUT2D eigenvalue weighted by molar-refractivity contribution is 5.85. The number of piperidine rings is 1. The first-order valence-electron chi connectivity index (χ1n) is 9.30. The smallest absolute Gasteiger partial charge is 0.228 e. The normalized spacial score (nSPS) is 24.6. The standard InChI is InChI=1S/C20H30N2O2.ClH/c1-15-5-7-17(8-6-15)19-18(4-3-13-24-19)20(23)22-11-9-16(10-12-22)14-21-2;/h5-8,16,18-19,21H,3-4,9-14H2,1-2H3;1H. The number of nitrogens with zero attached hydrogens (tertiary/aromatic N) is 1. The van der Waals surface area contributed by atoms with E-state index in [1.54, 1.807) is 0 Å². The molecule has 2 aliphatic rings. The van der Waals surface area contributed by atoms with Crippen LogP contribution in [0.2, 0.25) is 0 Å². The fraction of sp³-hybridized carbons (Fsp3) is 0.650. The third-order valence-corrected chi connectivity index (χ3v) is 5.46. The lowest BCUT2D eigenvalue weighted by atomic mass is 9.87. The second-order valence-electron chi connectivity index (χ2n) is 7.28. The molecule has 2 unspecified atom stereocenters. The van der Waals surface area contributed by atoms with Crippen LogP contribution in [-0.2, 0) is 9.53 Å². The van der Waals surface area contributed by atoms with E-state index in [-0.39, 0.29) is 24.4 Å². The molecule has 25 heavy (non-hydrogen) atoms. The number of likely N-dealkylation sites (tertiary alicyclic amines) is 1. The molecule has 2 heterocycles. The SMILES string of the molecule is CNCC1CCN(C(=O)C2CCCOC2c2ccc(C)cc2)CC1.Cl. The van der Waals surface area contributed by atoms with Gasteiger partial charge in [-0.15, -0.1) is 12.4 Å². The molecule has 0 aliphatic carbocycles. The summed E-state index contributed by atoms with van der Waals surface area (Å²) in [6.07, 6.45) is 4.05. The van der Waals surface area contributed by atoms with E-state index < -0.39 is 0 Å². The van der Waals surface area contributed by atoms with Crippen molar-refractivity contribution in [3.05, 3.63) is 35.4 Å². The number of nitrogens with one attached hydrogen (secondary N) is 1. The number of hydrogen-bond donors (Lipinski definition) is 1. The van der Waals surface area contributed by atoms with Gasteiger partial charge in [0.05, 0.1) is 12.0 Å². The van der Waals surface area contributed by atoms with Gasteiger partial charge in [-0.2, -0.15) is 0 Å². The minimum Gasteiger partial charge on any atom is -0.373 e. The van der Waals surface area contributed by atoms with Gasteiger partial charge in [0.25, 0.3) is 0 Å². The van der Waals surface area contributed by atoms with Gasteiger partial charge in [0.2, 0.25) is 5.91 Å². The summed E-state index contributed by atoms with van der Waals surface area (Å²) in [7, 11) is 2.00. The van der Waals surface area contributed by atoms with Crippen LogP contribution < -0.4 is 5.32 Å². The molecule has 1 aromatic carbocycles. The van der Waals surface area contributed by atoms with Crippen molar-refractivity contribution in [3.63, 3.8) is 0 Å². The molecular formula is C20H31ClN2O2. The lowest BCUT2D eigenvalue weighted by Crippen LogP contribution is -2.45. The molecule has 4 nitrogen and oxygen atoms in total. The highest BCUT2D eigenvalue weighted by Crippen LogP contribution is 2.35. The van der Waals surface area contributed by atoms with Crippen LogP contribution >= 0.6 is 12.4 Å². The van der Waals surface area contributed by atoms with E-state index in [9.17, 15) is 4.79 Å². The molecule has 1 aromatic rings. The lowest BCUT2D eigenvalue weighted by molar-refractivity contribution is -0.146. The van der Waals surface area contributed by atoms with E-state index in [0.717, 1.165) is 57.5 Å². The second-order valence-corrected chi connectivity index (χ2v) is 7.28. The van der Waals surface area contributed by atoms with Crippen molar-refractivity contribution >= 4 is 18.3 Å². The number of hydrogen-bond acceptors (Lipinski definition) is 3. The molecule has 2 fully saturated rings. The number of benzene rings is 1. The number of carbonyl (C=O) groups excluding carboxylic acids is 1. The molecule has 1 N–H and O–H groups in total. The highest BCUT2D eigenvalue weighted by atomic mass is 35.5. The van der Waals surface area contributed by atoms with Crippen molar-refractivity contribution in [1.29, 1.82) is 0 Å². The van der Waals surface area contributed by atoms with Crippen molar-refractivity contribution in [2.45, 2.75) is 38.7 Å². The maximum atomic E-state index is 13.1. The average Bonchev–Trinajstić information content (AvgIpc) is 2.63. The fourth-order valence-electron chi connectivity index (χ4n) is 4.00. The minimum absolute atomic E-state index is 0. The zero-order valence-electron chi connectivity index (χ0n) is 15.4. The van der Waals surface area contributed by atoms with E-state index in [1.165, 1.54) is 5.56 Å². The highest BCUT2D eigenvalue weighted by Gasteiger charge is 2.36. The summed E-state index contributed by atoms with van der Waals surface area (Å²) in [5.74, 6) is 0.972. The Balaban J connectivity index is 0.00000225. The van der Waals surface area contributed by atoms with Gasteiger partial charge in [-0.05, 0) is 57.7 Å². The Morgan fingerprint density at radius 1 is 1.20 bits per heavy atom. The van der Waals surface area contributed by atoms with Crippen molar-refractivity contribution in [2.75, 3.05) is 33.3 Å². The van der Waals surface area contributed by atoms with Crippen LogP contribution in [-0.4, -0.2) is 44.1 Å². The molecular weight excluding hydrogens is 336 g/mol. The van der Waals surface area contributed by atoms with Crippen LogP contribution in [0.4, 0.5) is 0 Å². The van der Waals surface area contributed by atoms with Crippen molar-refractivity contribution in [2.24, 2.45) is 11.8 Å². The number of rotatable bonds is 4. The maximum absolute atomic E-state index is 13.1. The molecule has 0 spiro atoms. The predicted molar refractivity (Wildman–Crippen MR) is 103 cm³/mol. The van der Waals surface area contributed by atoms with E-state index in [0.29, 0.717) is 11.8 Å². The van der Waals surface area contributed by atoms with E-state index >= 15 is 0 Å². The van der Waals surface area contributed by atoms with Crippen LogP contribution in [0.1, 0.15) is 42.9 Å². The zero-order chi connectivity index (χ0) is 16.9. The average molecular weight is 367 g/mol. The fourth-order valence-corrected chi connectivity index (χ4v) is 4.00. The molecule has 140 valence electrons. The van der Waals surface area contributed by atoms with Gasteiger partial charge in [-0.3, -0.25) is 4.79 Å². The molecule has 0 aromatic heterocycles. The minimum atomic E-state index is -0.0816. The van der Waals surface area contributed by atoms with E-state index in [2.05, 4.69) is 41.4 Å². The van der Waals surface area contributed by atoms with Crippen LogP contribution in [0.3, 0.4) is 0 Å². The first kappa shape index (κ1) is 20.2. The Hall–Kier alpha value is -1.10. The molecule has 2 aliphatic heterocycles. The van der Waals surface area contributed by atoms with Gasteiger partial charge < -0.3 is 15.0 Å². The molecule has 2 saturated heterocycles. The summed E-state index contributed by atoms with van der Waals surface area (Å²) in [5.41, 5.74) is 2.38. The molecule has 0 radical (unpaired) electrons. The topological polar surface area (TPSA) is 41.6 Å². The van der Waals surface area contributed by atoms with Crippen molar-refractivity contribution in [3.8, 4) is 0 Å². The van der Waals surface area contributed by atoms with Gasteiger partial charge in [0.15, 0.2) is 0 Å². The lowest BCUT2D eigenvalue weighted by Gasteiger charge is -2.38. The van der Waals surface area contributed by atoms with Crippen LogP contribution in [0.25, 0.3) is 0 Å². The summed E-state index contributed by atoms with van der Waals surface area (Å²) in [5, 5.41) is 3.25. The Morgan fingerprint density at radius 3 is 2.52 bits per heavy atom. The summed E-state index contributed by atoms with van der Waals surface area (Å²) >= 11 is 0. The number of halogens is 1. The van der Waals surface area contributed by atoms with E-state index in [1.807, 2.05) is 7.05 Å². The Morgan fingerprint density at radius 2 is 1.88 bits per heavy atom. The van der Waals surface area contributed by atoms with Gasteiger partial charge in [0, 0.05) is 19.7 Å². The Kier molecular flexibility index (Phi) is 7.73. The third kappa shape index (κ3) is 4.96. The summed E-state index contributed by atoms with van der Waals surface area (Å²) in [6.45, 7) is 5.68. The number of amides is 1. The molecule has 1 amide bonds. The zero-order valence-corrected chi connectivity index (χ0v) is 16.2. The Labute approximate surface area is 157 Å². The number of carbonyl (C=O) groups is 1. The second kappa shape index (κ2) is 9.56. The largest absolute Gasteiger partial charge is 0.373 e. The first-order chi connectivity index (χ1) is 11.7. The first-order valence-corrected chi connectivity index (χ1v) is 9.30. The van der Waals surface area contributed by atoms with Crippen molar-refractivity contribution < 1.29 is 9.53 Å². The van der Waals surface area contributed by atoms with Gasteiger partial charge in [-0.1, -0.05) is 29.8 Å². The summed E-state index contributed by atoms with van der Waals surface area (Å²) < 4.78 is 6.03. The van der Waals surface area contributed by atoms with E-state index in [4.69, 9.17) is 4.74 Å². The van der Waals surface area contributed by atoms with Crippen LogP contribution in [0.5, 0.6) is 0 Å². The van der Waals surface area contributed by atoms with Gasteiger partial charge in [-0.25, -0.2) is 0 Å². The van der Waals surface area contributed by atoms with Gasteiger partial charge >= 0.3 is 0 Å². The summed E-state index contributed by atoms with van der Waals surface area (Å²) in [4.78, 5) is 15.2. The third-order valence-electron chi connectivity index (χ3n) is 5.46. The molecule has 2 atom stereocenters. The number of aryl methyl sites for hydroxylation is 1. The van der Waals surface area contributed by atoms with Crippen LogP contribution in [0.15, 0.2) is 24.3 Å². The van der Waals surface area contributed by atoms with Crippen molar-refractivity contribution in [1.82, 2.24) is 10.2 Å². The maximum Gasteiger partial charge on any atom is 0.228 e.